The van der Waals surface area contributed by atoms with Gasteiger partial charge in [0.25, 0.3) is 0 Å². The molecule has 2 heterocycles. The van der Waals surface area contributed by atoms with E-state index in [0.29, 0.717) is 21.6 Å². The standard InChI is InChI=1S/C6H7N5OS/c1-12-4-2-3(8-6(7)9-4)10-11-5(2)13/h1H3,(H4,7,8,9,10,11,13). The number of nitrogens with zero attached hydrogens (tertiary/aromatic N) is 2. The lowest BCUT2D eigenvalue weighted by Crippen LogP contribution is -1.97. The molecule has 0 atom stereocenters. The van der Waals surface area contributed by atoms with E-state index in [1.54, 1.807) is 0 Å². The molecule has 68 valence electrons. The van der Waals surface area contributed by atoms with Crippen molar-refractivity contribution in [3.8, 4) is 5.88 Å². The first kappa shape index (κ1) is 7.99. The van der Waals surface area contributed by atoms with Crippen LogP contribution >= 0.6 is 12.2 Å². The number of aromatic nitrogens is 4. The summed E-state index contributed by atoms with van der Waals surface area (Å²) in [5.74, 6) is 0.527. The summed E-state index contributed by atoms with van der Waals surface area (Å²) in [6.45, 7) is 0. The molecule has 0 amide bonds. The molecule has 6 nitrogen and oxygen atoms in total. The van der Waals surface area contributed by atoms with Crippen molar-refractivity contribution < 1.29 is 4.74 Å². The van der Waals surface area contributed by atoms with Crippen LogP contribution in [0.2, 0.25) is 0 Å². The summed E-state index contributed by atoms with van der Waals surface area (Å²) in [4.78, 5) is 7.83. The maximum atomic E-state index is 5.44. The Labute approximate surface area is 78.1 Å². The van der Waals surface area contributed by atoms with Crippen molar-refractivity contribution in [1.82, 2.24) is 20.2 Å². The first-order valence-electron chi connectivity index (χ1n) is 3.50. The number of aromatic amines is 2. The highest BCUT2D eigenvalue weighted by atomic mass is 32.1. The fraction of sp³-hybridized carbons (Fsp3) is 0.167. The minimum Gasteiger partial charge on any atom is -0.480 e. The second kappa shape index (κ2) is 2.70. The summed E-state index contributed by atoms with van der Waals surface area (Å²) in [5, 5.41) is 6.14. The number of H-pyrrole nitrogens is 2. The minimum atomic E-state index is 0.148. The van der Waals surface area contributed by atoms with Gasteiger partial charge in [0.1, 0.15) is 10.0 Å². The Morgan fingerprint density at radius 3 is 2.85 bits per heavy atom. The number of nitrogens with two attached hydrogens (primary N) is 1. The fourth-order valence-electron chi connectivity index (χ4n) is 1.08. The average Bonchev–Trinajstić information content (AvgIpc) is 2.46. The lowest BCUT2D eigenvalue weighted by atomic mass is 10.4. The van der Waals surface area contributed by atoms with Crippen molar-refractivity contribution in [2.24, 2.45) is 0 Å². The monoisotopic (exact) mass is 197 g/mol. The van der Waals surface area contributed by atoms with Crippen molar-refractivity contribution in [1.29, 1.82) is 0 Å². The highest BCUT2D eigenvalue weighted by molar-refractivity contribution is 7.71. The van der Waals surface area contributed by atoms with Crippen LogP contribution in [0, 0.1) is 4.64 Å². The lowest BCUT2D eigenvalue weighted by molar-refractivity contribution is 0.403. The third-order valence-electron chi connectivity index (χ3n) is 1.61. The number of rotatable bonds is 1. The molecule has 13 heavy (non-hydrogen) atoms. The summed E-state index contributed by atoms with van der Waals surface area (Å²) in [5.41, 5.74) is 5.99. The number of hydrogen-bond donors (Lipinski definition) is 3. The van der Waals surface area contributed by atoms with E-state index >= 15 is 0 Å². The Bertz CT molecular complexity index is 501. The molecule has 0 unspecified atom stereocenters. The second-order valence-corrected chi connectivity index (χ2v) is 2.80. The minimum absolute atomic E-state index is 0.148. The van der Waals surface area contributed by atoms with Gasteiger partial charge in [-0.1, -0.05) is 12.2 Å². The number of fused-ring (bicyclic) bond motifs is 1. The fourth-order valence-corrected chi connectivity index (χ4v) is 1.31. The van der Waals surface area contributed by atoms with Crippen LogP contribution in [0.4, 0.5) is 5.95 Å². The highest BCUT2D eigenvalue weighted by Crippen LogP contribution is 2.21. The first-order valence-corrected chi connectivity index (χ1v) is 3.91. The van der Waals surface area contributed by atoms with Crippen molar-refractivity contribution in [3.05, 3.63) is 4.64 Å². The zero-order valence-corrected chi connectivity index (χ0v) is 7.60. The molecule has 0 saturated carbocycles. The molecule has 0 aliphatic heterocycles. The molecule has 0 saturated heterocycles. The molecule has 0 aliphatic carbocycles. The van der Waals surface area contributed by atoms with Gasteiger partial charge in [-0.05, 0) is 0 Å². The zero-order valence-electron chi connectivity index (χ0n) is 6.79. The molecule has 0 aliphatic rings. The van der Waals surface area contributed by atoms with Crippen LogP contribution in [-0.4, -0.2) is 27.3 Å². The van der Waals surface area contributed by atoms with Crippen LogP contribution in [0.15, 0.2) is 0 Å². The molecule has 2 aromatic heterocycles. The normalized spacial score (nSPS) is 10.5. The van der Waals surface area contributed by atoms with Gasteiger partial charge in [-0.2, -0.15) is 9.97 Å². The van der Waals surface area contributed by atoms with E-state index in [-0.39, 0.29) is 5.95 Å². The van der Waals surface area contributed by atoms with E-state index in [1.807, 2.05) is 0 Å². The van der Waals surface area contributed by atoms with Gasteiger partial charge in [-0.15, -0.1) is 0 Å². The van der Waals surface area contributed by atoms with Crippen LogP contribution < -0.4 is 10.5 Å². The molecule has 0 aromatic carbocycles. The zero-order chi connectivity index (χ0) is 9.42. The van der Waals surface area contributed by atoms with Crippen LogP contribution in [0.3, 0.4) is 0 Å². The maximum Gasteiger partial charge on any atom is 0.230 e. The number of methoxy groups -OCH3 is 1. The molecule has 2 aromatic rings. The number of ether oxygens (including phenoxy) is 1. The topological polar surface area (TPSA) is 92.6 Å². The number of nitrogen functional groups attached to an aromatic ring is 1. The van der Waals surface area contributed by atoms with E-state index in [9.17, 15) is 0 Å². The number of hydrogen-bond acceptors (Lipinski definition) is 5. The third kappa shape index (κ3) is 1.13. The van der Waals surface area contributed by atoms with Crippen LogP contribution in [0.5, 0.6) is 5.88 Å². The Morgan fingerprint density at radius 1 is 1.38 bits per heavy atom. The summed E-state index contributed by atoms with van der Waals surface area (Å²) >= 11 is 5.00. The summed E-state index contributed by atoms with van der Waals surface area (Å²) in [7, 11) is 1.50. The van der Waals surface area contributed by atoms with Crippen LogP contribution in [0.1, 0.15) is 0 Å². The number of nitrogens with one attached hydrogen (secondary N) is 2. The van der Waals surface area contributed by atoms with Crippen molar-refractivity contribution in [2.45, 2.75) is 0 Å². The number of anilines is 1. The maximum absolute atomic E-state index is 5.44. The van der Waals surface area contributed by atoms with Gasteiger partial charge in [0.05, 0.1) is 7.11 Å². The molecule has 4 N–H and O–H groups in total. The van der Waals surface area contributed by atoms with Crippen LogP contribution in [0.25, 0.3) is 11.0 Å². The molecule has 2 rings (SSSR count). The van der Waals surface area contributed by atoms with E-state index in [0.717, 1.165) is 0 Å². The molecule has 0 bridgehead atoms. The van der Waals surface area contributed by atoms with Gasteiger partial charge in [0.2, 0.25) is 11.8 Å². The van der Waals surface area contributed by atoms with Crippen molar-refractivity contribution in [3.63, 3.8) is 0 Å². The molecule has 0 radical (unpaired) electrons. The molecule has 7 heteroatoms. The van der Waals surface area contributed by atoms with Gasteiger partial charge < -0.3 is 10.5 Å². The van der Waals surface area contributed by atoms with Gasteiger partial charge in [-0.3, -0.25) is 10.2 Å². The van der Waals surface area contributed by atoms with E-state index in [2.05, 4.69) is 20.2 Å². The SMILES string of the molecule is COc1nc(N)nc2[nH][nH]c(=S)c12. The second-order valence-electron chi connectivity index (χ2n) is 2.39. The molecular formula is C6H7N5OS. The van der Waals surface area contributed by atoms with E-state index < -0.39 is 0 Å². The molecule has 0 spiro atoms. The largest absolute Gasteiger partial charge is 0.480 e. The van der Waals surface area contributed by atoms with Gasteiger partial charge in [0.15, 0.2) is 5.65 Å². The van der Waals surface area contributed by atoms with E-state index in [1.165, 1.54) is 7.11 Å². The molecule has 0 fully saturated rings. The first-order chi connectivity index (χ1) is 6.22. The predicted octanol–water partition coefficient (Wildman–Crippen LogP) is 0.606. The summed E-state index contributed by atoms with van der Waals surface area (Å²) in [6.07, 6.45) is 0. The molecular weight excluding hydrogens is 190 g/mol. The summed E-state index contributed by atoms with van der Waals surface area (Å²) < 4.78 is 5.52. The Morgan fingerprint density at radius 2 is 2.15 bits per heavy atom. The van der Waals surface area contributed by atoms with Crippen molar-refractivity contribution in [2.75, 3.05) is 12.8 Å². The highest BCUT2D eigenvalue weighted by Gasteiger charge is 2.09. The van der Waals surface area contributed by atoms with Gasteiger partial charge >= 0.3 is 0 Å². The Hall–Kier alpha value is -1.63. The average molecular weight is 197 g/mol. The summed E-state index contributed by atoms with van der Waals surface area (Å²) in [6, 6.07) is 0. The predicted molar refractivity (Wildman–Crippen MR) is 50.0 cm³/mol. The Balaban J connectivity index is 2.93. The lowest BCUT2D eigenvalue weighted by Gasteiger charge is -1.99. The van der Waals surface area contributed by atoms with E-state index in [4.69, 9.17) is 22.7 Å². The van der Waals surface area contributed by atoms with Gasteiger partial charge in [-0.25, -0.2) is 0 Å². The third-order valence-corrected chi connectivity index (χ3v) is 1.91. The van der Waals surface area contributed by atoms with Crippen LogP contribution in [-0.2, 0) is 0 Å². The van der Waals surface area contributed by atoms with Gasteiger partial charge in [0, 0.05) is 0 Å². The van der Waals surface area contributed by atoms with Crippen molar-refractivity contribution >= 4 is 29.2 Å². The Kier molecular flexibility index (Phi) is 1.66. The smallest absolute Gasteiger partial charge is 0.230 e. The quantitative estimate of drug-likeness (QED) is 0.582.